The molecule has 31 heavy (non-hydrogen) atoms. The van der Waals surface area contributed by atoms with Gasteiger partial charge in [-0.2, -0.15) is 5.26 Å². The minimum atomic E-state index is 0.474. The molecule has 3 rings (SSSR count). The molecular formula is C25H26N2O3S. The molecule has 1 aromatic heterocycles. The number of thiazole rings is 1. The molecule has 5 nitrogen and oxygen atoms in total. The summed E-state index contributed by atoms with van der Waals surface area (Å²) in [4.78, 5) is 4.70. The van der Waals surface area contributed by atoms with Gasteiger partial charge in [-0.3, -0.25) is 0 Å². The quantitative estimate of drug-likeness (QED) is 0.401. The number of allylic oxidation sites excluding steroid dienone is 1. The fourth-order valence-corrected chi connectivity index (χ4v) is 4.10. The van der Waals surface area contributed by atoms with Crippen LogP contribution < -0.4 is 14.2 Å². The molecule has 2 aromatic carbocycles. The van der Waals surface area contributed by atoms with Crippen molar-refractivity contribution in [2.75, 3.05) is 21.3 Å². The number of methoxy groups -OCH3 is 3. The van der Waals surface area contributed by atoms with Crippen molar-refractivity contribution in [1.82, 2.24) is 4.98 Å². The number of ether oxygens (including phenoxy) is 3. The van der Waals surface area contributed by atoms with E-state index in [1.165, 1.54) is 16.9 Å². The van der Waals surface area contributed by atoms with Crippen LogP contribution in [0.2, 0.25) is 0 Å². The number of aromatic nitrogens is 1. The summed E-state index contributed by atoms with van der Waals surface area (Å²) in [7, 11) is 4.69. The number of rotatable bonds is 8. The van der Waals surface area contributed by atoms with Crippen LogP contribution in [0.1, 0.15) is 30.0 Å². The standard InChI is InChI=1S/C25H26N2O3S/c1-16(2)10-17-6-8-19(9-7-17)21-15-31-25(27-21)20(14-26)11-18-12-22(28-3)24(30-5)23(13-18)29-4/h6-9,11-13,15-16H,10H2,1-5H3/b20-11-. The summed E-state index contributed by atoms with van der Waals surface area (Å²) in [6, 6.07) is 14.3. The zero-order chi connectivity index (χ0) is 22.4. The third-order valence-corrected chi connectivity index (χ3v) is 5.62. The first-order chi connectivity index (χ1) is 15.0. The number of nitrogens with zero attached hydrogens (tertiary/aromatic N) is 2. The second-order valence-corrected chi connectivity index (χ2v) is 8.32. The predicted octanol–water partition coefficient (Wildman–Crippen LogP) is 6.10. The van der Waals surface area contributed by atoms with Gasteiger partial charge < -0.3 is 14.2 Å². The second-order valence-electron chi connectivity index (χ2n) is 7.46. The van der Waals surface area contributed by atoms with Crippen molar-refractivity contribution in [3.63, 3.8) is 0 Å². The summed E-state index contributed by atoms with van der Waals surface area (Å²) < 4.78 is 16.2. The van der Waals surface area contributed by atoms with Gasteiger partial charge in [0.05, 0.1) is 32.6 Å². The van der Waals surface area contributed by atoms with Gasteiger partial charge in [-0.05, 0) is 41.7 Å². The molecule has 0 saturated carbocycles. The molecule has 0 N–H and O–H groups in total. The van der Waals surface area contributed by atoms with E-state index in [0.717, 1.165) is 23.2 Å². The topological polar surface area (TPSA) is 64.4 Å². The van der Waals surface area contributed by atoms with Crippen LogP contribution in [0, 0.1) is 17.2 Å². The van der Waals surface area contributed by atoms with Crippen molar-refractivity contribution < 1.29 is 14.2 Å². The van der Waals surface area contributed by atoms with Gasteiger partial charge >= 0.3 is 0 Å². The summed E-state index contributed by atoms with van der Waals surface area (Å²) in [5.74, 6) is 2.20. The summed E-state index contributed by atoms with van der Waals surface area (Å²) in [6.45, 7) is 4.43. The number of nitriles is 1. The molecule has 0 bridgehead atoms. The molecule has 0 aliphatic heterocycles. The Morgan fingerprint density at radius 2 is 1.71 bits per heavy atom. The lowest BCUT2D eigenvalue weighted by Gasteiger charge is -2.13. The Hall–Kier alpha value is -3.30. The minimum absolute atomic E-state index is 0.474. The van der Waals surface area contributed by atoms with Crippen molar-refractivity contribution >= 4 is 23.0 Å². The average molecular weight is 435 g/mol. The van der Waals surface area contributed by atoms with E-state index in [0.29, 0.717) is 33.7 Å². The number of benzene rings is 2. The largest absolute Gasteiger partial charge is 0.493 e. The first-order valence-electron chi connectivity index (χ1n) is 9.96. The van der Waals surface area contributed by atoms with Crippen LogP contribution in [-0.4, -0.2) is 26.3 Å². The Kier molecular flexibility index (Phi) is 7.32. The number of hydrogen-bond acceptors (Lipinski definition) is 6. The number of hydrogen-bond donors (Lipinski definition) is 0. The van der Waals surface area contributed by atoms with Crippen molar-refractivity contribution in [3.05, 3.63) is 57.9 Å². The van der Waals surface area contributed by atoms with Gasteiger partial charge in [0.15, 0.2) is 11.5 Å². The Balaban J connectivity index is 1.91. The zero-order valence-electron chi connectivity index (χ0n) is 18.4. The summed E-state index contributed by atoms with van der Waals surface area (Å²) in [5, 5.41) is 12.4. The van der Waals surface area contributed by atoms with Gasteiger partial charge in [0.1, 0.15) is 11.1 Å². The zero-order valence-corrected chi connectivity index (χ0v) is 19.2. The fraction of sp³-hybridized carbons (Fsp3) is 0.280. The Morgan fingerprint density at radius 3 is 2.23 bits per heavy atom. The van der Waals surface area contributed by atoms with Crippen LogP contribution in [0.4, 0.5) is 0 Å². The third kappa shape index (κ3) is 5.25. The van der Waals surface area contributed by atoms with Gasteiger partial charge in [0, 0.05) is 10.9 Å². The van der Waals surface area contributed by atoms with Crippen LogP contribution in [0.5, 0.6) is 17.2 Å². The third-order valence-electron chi connectivity index (χ3n) is 4.75. The first kappa shape index (κ1) is 22.4. The maximum Gasteiger partial charge on any atom is 0.203 e. The maximum atomic E-state index is 9.76. The molecule has 0 amide bonds. The van der Waals surface area contributed by atoms with E-state index in [9.17, 15) is 5.26 Å². The minimum Gasteiger partial charge on any atom is -0.493 e. The molecule has 0 saturated heterocycles. The molecule has 0 fully saturated rings. The fourth-order valence-electron chi connectivity index (χ4n) is 3.31. The molecule has 1 heterocycles. The smallest absolute Gasteiger partial charge is 0.203 e. The van der Waals surface area contributed by atoms with E-state index in [2.05, 4.69) is 44.2 Å². The van der Waals surface area contributed by atoms with Gasteiger partial charge in [-0.15, -0.1) is 11.3 Å². The van der Waals surface area contributed by atoms with Gasteiger partial charge in [-0.25, -0.2) is 4.98 Å². The van der Waals surface area contributed by atoms with Crippen molar-refractivity contribution in [2.24, 2.45) is 5.92 Å². The molecule has 0 aliphatic rings. The van der Waals surface area contributed by atoms with Crippen LogP contribution in [0.25, 0.3) is 22.9 Å². The molecule has 0 aliphatic carbocycles. The molecular weight excluding hydrogens is 408 g/mol. The molecule has 0 unspecified atom stereocenters. The maximum absolute atomic E-state index is 9.76. The van der Waals surface area contributed by atoms with E-state index in [1.54, 1.807) is 39.5 Å². The van der Waals surface area contributed by atoms with Crippen LogP contribution in [0.15, 0.2) is 41.8 Å². The Morgan fingerprint density at radius 1 is 1.06 bits per heavy atom. The average Bonchev–Trinajstić information content (AvgIpc) is 3.26. The highest BCUT2D eigenvalue weighted by atomic mass is 32.1. The Labute approximate surface area is 187 Å². The van der Waals surface area contributed by atoms with Crippen LogP contribution >= 0.6 is 11.3 Å². The van der Waals surface area contributed by atoms with E-state index < -0.39 is 0 Å². The highest BCUT2D eigenvalue weighted by Crippen LogP contribution is 2.39. The van der Waals surface area contributed by atoms with Crippen molar-refractivity contribution in [2.45, 2.75) is 20.3 Å². The molecule has 0 spiro atoms. The van der Waals surface area contributed by atoms with E-state index in [4.69, 9.17) is 19.2 Å². The van der Waals surface area contributed by atoms with E-state index >= 15 is 0 Å². The first-order valence-corrected chi connectivity index (χ1v) is 10.8. The highest BCUT2D eigenvalue weighted by molar-refractivity contribution is 7.11. The predicted molar refractivity (Wildman–Crippen MR) is 126 cm³/mol. The lowest BCUT2D eigenvalue weighted by molar-refractivity contribution is 0.324. The highest BCUT2D eigenvalue weighted by Gasteiger charge is 2.14. The Bertz CT molecular complexity index is 1080. The van der Waals surface area contributed by atoms with Crippen molar-refractivity contribution in [1.29, 1.82) is 5.26 Å². The monoisotopic (exact) mass is 434 g/mol. The summed E-state index contributed by atoms with van der Waals surface area (Å²) >= 11 is 1.45. The molecule has 0 atom stereocenters. The van der Waals surface area contributed by atoms with Crippen molar-refractivity contribution in [3.8, 4) is 34.6 Å². The lowest BCUT2D eigenvalue weighted by atomic mass is 10.0. The lowest BCUT2D eigenvalue weighted by Crippen LogP contribution is -1.95. The molecule has 160 valence electrons. The second kappa shape index (κ2) is 10.1. The molecule has 0 radical (unpaired) electrons. The van der Waals surface area contributed by atoms with Crippen LogP contribution in [-0.2, 0) is 6.42 Å². The van der Waals surface area contributed by atoms with Gasteiger partial charge in [0.2, 0.25) is 5.75 Å². The summed E-state index contributed by atoms with van der Waals surface area (Å²) in [6.07, 6.45) is 2.83. The SMILES string of the molecule is COc1cc(/C=C(/C#N)c2nc(-c3ccc(CC(C)C)cc3)cs2)cc(OC)c1OC. The normalized spacial score (nSPS) is 11.3. The van der Waals surface area contributed by atoms with Gasteiger partial charge in [0.25, 0.3) is 0 Å². The van der Waals surface area contributed by atoms with Crippen LogP contribution in [0.3, 0.4) is 0 Å². The molecule has 6 heteroatoms. The van der Waals surface area contributed by atoms with Gasteiger partial charge in [-0.1, -0.05) is 38.1 Å². The van der Waals surface area contributed by atoms with E-state index in [1.807, 2.05) is 5.38 Å². The summed E-state index contributed by atoms with van der Waals surface area (Å²) in [5.41, 5.74) is 4.46. The van der Waals surface area contributed by atoms with E-state index in [-0.39, 0.29) is 0 Å². The molecule has 3 aromatic rings.